The third-order valence-electron chi connectivity index (χ3n) is 5.01. The standard InChI is InChI=1S/C23H22F3NO3/c1-2-22(29)27-11-9-19(10-12-27)30-20-8-3-5-16(13-20)14-21(28)17-6-4-7-18(15-17)23(24,25)26/h2-8,13,15,19H,1,9-12,14H2. The van der Waals surface area contributed by atoms with E-state index in [1.165, 1.54) is 18.2 Å². The fraction of sp³-hybridized carbons (Fsp3) is 0.304. The number of carbonyl (C=O) groups excluding carboxylic acids is 2. The number of nitrogens with zero attached hydrogens (tertiary/aromatic N) is 1. The van der Waals surface area contributed by atoms with Crippen molar-refractivity contribution in [2.75, 3.05) is 13.1 Å². The first-order valence-electron chi connectivity index (χ1n) is 9.63. The quantitative estimate of drug-likeness (QED) is 0.506. The molecule has 4 nitrogen and oxygen atoms in total. The lowest BCUT2D eigenvalue weighted by atomic mass is 10.0. The van der Waals surface area contributed by atoms with E-state index in [4.69, 9.17) is 4.74 Å². The van der Waals surface area contributed by atoms with Gasteiger partial charge >= 0.3 is 6.18 Å². The highest BCUT2D eigenvalue weighted by Crippen LogP contribution is 2.30. The van der Waals surface area contributed by atoms with Crippen LogP contribution in [0.5, 0.6) is 5.75 Å². The van der Waals surface area contributed by atoms with Gasteiger partial charge in [-0.1, -0.05) is 30.8 Å². The van der Waals surface area contributed by atoms with E-state index in [1.807, 2.05) is 0 Å². The monoisotopic (exact) mass is 417 g/mol. The van der Waals surface area contributed by atoms with Gasteiger partial charge in [-0.2, -0.15) is 13.2 Å². The van der Waals surface area contributed by atoms with Crippen molar-refractivity contribution in [2.24, 2.45) is 0 Å². The molecule has 0 spiro atoms. The molecule has 1 fully saturated rings. The van der Waals surface area contributed by atoms with E-state index in [2.05, 4.69) is 6.58 Å². The highest BCUT2D eigenvalue weighted by atomic mass is 19.4. The van der Waals surface area contributed by atoms with Gasteiger partial charge in [0.15, 0.2) is 5.78 Å². The summed E-state index contributed by atoms with van der Waals surface area (Å²) in [5, 5.41) is 0. The number of alkyl halides is 3. The molecular weight excluding hydrogens is 395 g/mol. The summed E-state index contributed by atoms with van der Waals surface area (Å²) in [6.07, 6.45) is -1.89. The molecule has 0 unspecified atom stereocenters. The minimum atomic E-state index is -4.49. The molecule has 1 aliphatic rings. The highest BCUT2D eigenvalue weighted by Gasteiger charge is 2.31. The predicted octanol–water partition coefficient (Wildman–Crippen LogP) is 4.69. The van der Waals surface area contributed by atoms with Crippen molar-refractivity contribution in [1.82, 2.24) is 4.90 Å². The average molecular weight is 417 g/mol. The molecule has 1 amide bonds. The lowest BCUT2D eigenvalue weighted by Crippen LogP contribution is -2.41. The van der Waals surface area contributed by atoms with Crippen LogP contribution in [0.3, 0.4) is 0 Å². The molecule has 1 heterocycles. The normalized spacial score (nSPS) is 15.0. The first-order valence-corrected chi connectivity index (χ1v) is 9.63. The summed E-state index contributed by atoms with van der Waals surface area (Å²) in [5.74, 6) is 0.107. The lowest BCUT2D eigenvalue weighted by molar-refractivity contribution is -0.137. The Morgan fingerprint density at radius 1 is 1.10 bits per heavy atom. The zero-order chi connectivity index (χ0) is 21.7. The molecule has 3 rings (SSSR count). The van der Waals surface area contributed by atoms with Gasteiger partial charge in [0.25, 0.3) is 0 Å². The van der Waals surface area contributed by atoms with Crippen LogP contribution >= 0.6 is 0 Å². The van der Waals surface area contributed by atoms with E-state index in [0.29, 0.717) is 37.2 Å². The zero-order valence-corrected chi connectivity index (χ0v) is 16.3. The number of Topliss-reactive ketones (excluding diaryl/α,β-unsaturated/α-hetero) is 1. The highest BCUT2D eigenvalue weighted by molar-refractivity contribution is 5.97. The third kappa shape index (κ3) is 5.49. The number of rotatable bonds is 6. The van der Waals surface area contributed by atoms with Crippen molar-refractivity contribution in [1.29, 1.82) is 0 Å². The molecule has 2 aromatic carbocycles. The summed E-state index contributed by atoms with van der Waals surface area (Å²) in [7, 11) is 0. The molecule has 7 heteroatoms. The van der Waals surface area contributed by atoms with Crippen LogP contribution in [0.1, 0.15) is 34.3 Å². The second kappa shape index (κ2) is 9.15. The van der Waals surface area contributed by atoms with Crippen LogP contribution in [0, 0.1) is 0 Å². The van der Waals surface area contributed by atoms with Crippen LogP contribution in [-0.4, -0.2) is 35.8 Å². The van der Waals surface area contributed by atoms with Gasteiger partial charge in [0, 0.05) is 37.9 Å². The van der Waals surface area contributed by atoms with Crippen molar-refractivity contribution >= 4 is 11.7 Å². The Kier molecular flexibility index (Phi) is 6.59. The lowest BCUT2D eigenvalue weighted by Gasteiger charge is -2.31. The molecule has 0 N–H and O–H groups in total. The topological polar surface area (TPSA) is 46.6 Å². The third-order valence-corrected chi connectivity index (χ3v) is 5.01. The van der Waals surface area contributed by atoms with Gasteiger partial charge in [-0.05, 0) is 35.9 Å². The van der Waals surface area contributed by atoms with E-state index >= 15 is 0 Å². The van der Waals surface area contributed by atoms with Gasteiger partial charge in [-0.15, -0.1) is 0 Å². The number of benzene rings is 2. The average Bonchev–Trinajstić information content (AvgIpc) is 2.73. The molecule has 158 valence electrons. The van der Waals surface area contributed by atoms with Crippen molar-refractivity contribution in [3.63, 3.8) is 0 Å². The summed E-state index contributed by atoms with van der Waals surface area (Å²) < 4.78 is 44.6. The Morgan fingerprint density at radius 3 is 2.47 bits per heavy atom. The number of hydrogen-bond acceptors (Lipinski definition) is 3. The molecular formula is C23H22F3NO3. The van der Waals surface area contributed by atoms with Crippen LogP contribution < -0.4 is 4.74 Å². The number of piperidine rings is 1. The van der Waals surface area contributed by atoms with Gasteiger partial charge in [-0.3, -0.25) is 9.59 Å². The summed E-state index contributed by atoms with van der Waals surface area (Å²) in [4.78, 5) is 25.8. The molecule has 1 aliphatic heterocycles. The molecule has 0 atom stereocenters. The van der Waals surface area contributed by atoms with Gasteiger partial charge < -0.3 is 9.64 Å². The molecule has 30 heavy (non-hydrogen) atoms. The van der Waals surface area contributed by atoms with Crippen molar-refractivity contribution in [3.8, 4) is 5.75 Å². The smallest absolute Gasteiger partial charge is 0.416 e. The van der Waals surface area contributed by atoms with Gasteiger partial charge in [0.05, 0.1) is 5.56 Å². The number of amides is 1. The first kappa shape index (κ1) is 21.6. The van der Waals surface area contributed by atoms with E-state index in [9.17, 15) is 22.8 Å². The fourth-order valence-electron chi connectivity index (χ4n) is 3.40. The number of likely N-dealkylation sites (tertiary alicyclic amines) is 1. The van der Waals surface area contributed by atoms with Crippen molar-refractivity contribution < 1.29 is 27.5 Å². The molecule has 0 aliphatic carbocycles. The predicted molar refractivity (Wildman–Crippen MR) is 106 cm³/mol. The van der Waals surface area contributed by atoms with E-state index in [-0.39, 0.29) is 24.0 Å². The van der Waals surface area contributed by atoms with E-state index in [1.54, 1.807) is 29.2 Å². The number of ether oxygens (including phenoxy) is 1. The van der Waals surface area contributed by atoms with E-state index < -0.39 is 17.5 Å². The van der Waals surface area contributed by atoms with Gasteiger partial charge in [0.2, 0.25) is 5.91 Å². The number of hydrogen-bond donors (Lipinski definition) is 0. The Labute approximate surface area is 173 Å². The summed E-state index contributed by atoms with van der Waals surface area (Å²) in [6.45, 7) is 4.66. The Balaban J connectivity index is 1.61. The maximum atomic E-state index is 12.9. The molecule has 0 aromatic heterocycles. The Bertz CT molecular complexity index is 931. The minimum Gasteiger partial charge on any atom is -0.490 e. The van der Waals surface area contributed by atoms with Crippen LogP contribution in [0.15, 0.2) is 61.2 Å². The molecule has 2 aromatic rings. The second-order valence-corrected chi connectivity index (χ2v) is 7.17. The zero-order valence-electron chi connectivity index (χ0n) is 16.3. The number of ketones is 1. The molecule has 0 radical (unpaired) electrons. The maximum absolute atomic E-state index is 12.9. The van der Waals surface area contributed by atoms with Crippen LogP contribution in [0.4, 0.5) is 13.2 Å². The summed E-state index contributed by atoms with van der Waals surface area (Å²) >= 11 is 0. The fourth-order valence-corrected chi connectivity index (χ4v) is 3.40. The molecule has 0 bridgehead atoms. The summed E-state index contributed by atoms with van der Waals surface area (Å²) in [5.41, 5.74) is -0.156. The van der Waals surface area contributed by atoms with Crippen LogP contribution in [0.2, 0.25) is 0 Å². The minimum absolute atomic E-state index is 0.0230. The Hall–Kier alpha value is -3.09. The molecule has 1 saturated heterocycles. The van der Waals surface area contributed by atoms with Crippen molar-refractivity contribution in [3.05, 3.63) is 77.9 Å². The maximum Gasteiger partial charge on any atom is 0.416 e. The molecule has 0 saturated carbocycles. The van der Waals surface area contributed by atoms with Crippen LogP contribution in [-0.2, 0) is 17.4 Å². The van der Waals surface area contributed by atoms with E-state index in [0.717, 1.165) is 12.1 Å². The first-order chi connectivity index (χ1) is 14.3. The number of carbonyl (C=O) groups is 2. The van der Waals surface area contributed by atoms with Crippen LogP contribution in [0.25, 0.3) is 0 Å². The van der Waals surface area contributed by atoms with Crippen molar-refractivity contribution in [2.45, 2.75) is 31.5 Å². The number of halogens is 3. The SMILES string of the molecule is C=CC(=O)N1CCC(Oc2cccc(CC(=O)c3cccc(C(F)(F)F)c3)c2)CC1. The van der Waals surface area contributed by atoms with Gasteiger partial charge in [0.1, 0.15) is 11.9 Å². The Morgan fingerprint density at radius 2 is 1.80 bits per heavy atom. The van der Waals surface area contributed by atoms with Gasteiger partial charge in [-0.25, -0.2) is 0 Å². The largest absolute Gasteiger partial charge is 0.490 e. The second-order valence-electron chi connectivity index (χ2n) is 7.17. The summed E-state index contributed by atoms with van der Waals surface area (Å²) in [6, 6.07) is 11.4.